The third-order valence-electron chi connectivity index (χ3n) is 4.52. The Morgan fingerprint density at radius 1 is 1.19 bits per heavy atom. The first-order valence-corrected chi connectivity index (χ1v) is 9.90. The van der Waals surface area contributed by atoms with Crippen LogP contribution in [0, 0.1) is 0 Å². The number of para-hydroxylation sites is 1. The lowest BCUT2D eigenvalue weighted by molar-refractivity contribution is -0.885. The van der Waals surface area contributed by atoms with Gasteiger partial charge in [0.2, 0.25) is 0 Å². The maximum atomic E-state index is 12.4. The van der Waals surface area contributed by atoms with Crippen molar-refractivity contribution in [2.24, 2.45) is 0 Å². The van der Waals surface area contributed by atoms with E-state index in [2.05, 4.69) is 47.6 Å². The summed E-state index contributed by atoms with van der Waals surface area (Å²) < 4.78 is 1.20. The molecule has 2 aromatic carbocycles. The molecule has 0 aliphatic heterocycles. The first-order chi connectivity index (χ1) is 12.5. The predicted molar refractivity (Wildman–Crippen MR) is 107 cm³/mol. The van der Waals surface area contributed by atoms with Crippen molar-refractivity contribution in [1.82, 2.24) is 10.3 Å². The molecule has 0 saturated carbocycles. The molecule has 136 valence electrons. The summed E-state index contributed by atoms with van der Waals surface area (Å²) in [4.78, 5) is 18.2. The Morgan fingerprint density at radius 2 is 1.92 bits per heavy atom. The number of rotatable bonds is 7. The zero-order chi connectivity index (χ0) is 18.5. The molecule has 0 spiro atoms. The van der Waals surface area contributed by atoms with Gasteiger partial charge >= 0.3 is 0 Å². The second kappa shape index (κ2) is 8.43. The average Bonchev–Trinajstić information content (AvgIpc) is 3.03. The molecule has 5 heteroatoms. The lowest BCUT2D eigenvalue weighted by atomic mass is 10.1. The first-order valence-electron chi connectivity index (χ1n) is 9.09. The van der Waals surface area contributed by atoms with Gasteiger partial charge in [0.1, 0.15) is 11.6 Å². The van der Waals surface area contributed by atoms with E-state index in [1.54, 1.807) is 11.3 Å². The molecule has 0 bridgehead atoms. The maximum absolute atomic E-state index is 12.4. The van der Waals surface area contributed by atoms with Gasteiger partial charge < -0.3 is 10.2 Å². The van der Waals surface area contributed by atoms with Gasteiger partial charge in [0.05, 0.1) is 23.3 Å². The van der Waals surface area contributed by atoms with Crippen LogP contribution in [0.3, 0.4) is 0 Å². The fraction of sp³-hybridized carbons (Fsp3) is 0.333. The topological polar surface area (TPSA) is 46.4 Å². The minimum Gasteiger partial charge on any atom is -0.345 e. The lowest BCUT2D eigenvalue weighted by Gasteiger charge is -2.17. The number of nitrogens with zero attached hydrogens (tertiary/aromatic N) is 1. The molecule has 3 aromatic rings. The maximum Gasteiger partial charge on any atom is 0.275 e. The fourth-order valence-electron chi connectivity index (χ4n) is 3.01. The van der Waals surface area contributed by atoms with Crippen LogP contribution in [0.5, 0.6) is 0 Å². The van der Waals surface area contributed by atoms with E-state index in [1.807, 2.05) is 32.2 Å². The van der Waals surface area contributed by atoms with E-state index >= 15 is 0 Å². The normalized spacial score (nSPS) is 13.5. The van der Waals surface area contributed by atoms with E-state index in [0.29, 0.717) is 6.54 Å². The van der Waals surface area contributed by atoms with Crippen LogP contribution in [-0.2, 0) is 17.8 Å². The van der Waals surface area contributed by atoms with E-state index in [0.717, 1.165) is 34.0 Å². The van der Waals surface area contributed by atoms with E-state index in [1.165, 1.54) is 10.3 Å². The highest BCUT2D eigenvalue weighted by atomic mass is 32.1. The molecule has 0 fully saturated rings. The fourth-order valence-corrected chi connectivity index (χ4v) is 4.09. The summed E-state index contributed by atoms with van der Waals surface area (Å²) in [5, 5.41) is 4.17. The lowest BCUT2D eigenvalue weighted by Crippen LogP contribution is -3.08. The number of amides is 1. The molecule has 4 nitrogen and oxygen atoms in total. The van der Waals surface area contributed by atoms with Gasteiger partial charge in [-0.25, -0.2) is 4.98 Å². The van der Waals surface area contributed by atoms with Crippen LogP contribution in [0.4, 0.5) is 0 Å². The molecule has 3 rings (SSSR count). The van der Waals surface area contributed by atoms with Crippen LogP contribution in [0.25, 0.3) is 10.2 Å². The number of benzene rings is 2. The first kappa shape index (κ1) is 18.5. The zero-order valence-electron chi connectivity index (χ0n) is 15.6. The number of nitrogens with one attached hydrogen (secondary N) is 2. The van der Waals surface area contributed by atoms with Gasteiger partial charge in [-0.15, -0.1) is 11.3 Å². The Labute approximate surface area is 158 Å². The highest BCUT2D eigenvalue weighted by Crippen LogP contribution is 2.20. The highest BCUT2D eigenvalue weighted by Gasteiger charge is 2.16. The molecule has 1 heterocycles. The van der Waals surface area contributed by atoms with Crippen molar-refractivity contribution in [1.29, 1.82) is 0 Å². The van der Waals surface area contributed by atoms with E-state index in [4.69, 9.17) is 0 Å². The molecule has 1 amide bonds. The van der Waals surface area contributed by atoms with Crippen molar-refractivity contribution >= 4 is 27.5 Å². The van der Waals surface area contributed by atoms with Crippen molar-refractivity contribution in [2.45, 2.75) is 32.9 Å². The van der Waals surface area contributed by atoms with Gasteiger partial charge in [-0.2, -0.15) is 0 Å². The summed E-state index contributed by atoms with van der Waals surface area (Å²) in [7, 11) is 2.03. The number of thiazole rings is 1. The van der Waals surface area contributed by atoms with Crippen molar-refractivity contribution in [2.75, 3.05) is 13.6 Å². The minimum atomic E-state index is 0.0173. The number of hydrogen-bond acceptors (Lipinski definition) is 3. The van der Waals surface area contributed by atoms with E-state index < -0.39 is 0 Å². The Bertz CT molecular complexity index is 839. The number of carbonyl (C=O) groups excluding carboxylic acids is 1. The molecule has 0 aliphatic rings. The average molecular weight is 369 g/mol. The Hall–Kier alpha value is -2.24. The largest absolute Gasteiger partial charge is 0.345 e. The summed E-state index contributed by atoms with van der Waals surface area (Å²) in [5.41, 5.74) is 3.49. The molecule has 2 atom stereocenters. The summed E-state index contributed by atoms with van der Waals surface area (Å²) in [5.74, 6) is 0.0654. The molecule has 1 aromatic heterocycles. The Kier molecular flexibility index (Phi) is 6.01. The van der Waals surface area contributed by atoms with Crippen molar-refractivity contribution in [3.63, 3.8) is 0 Å². The molecule has 26 heavy (non-hydrogen) atoms. The van der Waals surface area contributed by atoms with E-state index in [-0.39, 0.29) is 11.9 Å². The van der Waals surface area contributed by atoms with Crippen LogP contribution in [0.2, 0.25) is 0 Å². The third-order valence-corrected chi connectivity index (χ3v) is 5.56. The van der Waals surface area contributed by atoms with Crippen LogP contribution < -0.4 is 10.2 Å². The number of likely N-dealkylation sites (N-methyl/N-ethyl adjacent to an activating group) is 1. The van der Waals surface area contributed by atoms with Gasteiger partial charge in [-0.1, -0.05) is 43.3 Å². The van der Waals surface area contributed by atoms with Crippen LogP contribution in [0.15, 0.2) is 48.5 Å². The number of aromatic nitrogens is 1. The molecule has 0 radical (unpaired) electrons. The summed E-state index contributed by atoms with van der Waals surface area (Å²) >= 11 is 1.70. The number of carbonyl (C=O) groups is 1. The van der Waals surface area contributed by atoms with Gasteiger partial charge in [-0.3, -0.25) is 4.79 Å². The quantitative estimate of drug-likeness (QED) is 0.674. The predicted octanol–water partition coefficient (Wildman–Crippen LogP) is 2.75. The van der Waals surface area contributed by atoms with Crippen molar-refractivity contribution in [3.8, 4) is 0 Å². The van der Waals surface area contributed by atoms with Crippen LogP contribution in [-0.4, -0.2) is 24.5 Å². The number of quaternary nitrogens is 1. The molecule has 0 saturated heterocycles. The third kappa shape index (κ3) is 4.68. The summed E-state index contributed by atoms with van der Waals surface area (Å²) in [6.45, 7) is 5.37. The monoisotopic (exact) mass is 368 g/mol. The second-order valence-electron chi connectivity index (χ2n) is 6.77. The smallest absolute Gasteiger partial charge is 0.275 e. The van der Waals surface area contributed by atoms with Gasteiger partial charge in [0.25, 0.3) is 5.91 Å². The SMILES string of the molecule is CCc1ccc([C@@H](C)NC(=O)C[NH+](C)Cc2nc3ccccc3s2)cc1. The molecular weight excluding hydrogens is 342 g/mol. The molecule has 2 N–H and O–H groups in total. The van der Waals surface area contributed by atoms with Gasteiger partial charge in [0, 0.05) is 0 Å². The minimum absolute atomic E-state index is 0.0173. The van der Waals surface area contributed by atoms with Crippen molar-refractivity contribution in [3.05, 3.63) is 64.7 Å². The second-order valence-corrected chi connectivity index (χ2v) is 7.89. The molecular formula is C21H26N3OS+. The van der Waals surface area contributed by atoms with Crippen LogP contribution >= 0.6 is 11.3 Å². The molecule has 1 unspecified atom stereocenters. The van der Waals surface area contributed by atoms with Crippen LogP contribution in [0.1, 0.15) is 36.0 Å². The van der Waals surface area contributed by atoms with Crippen molar-refractivity contribution < 1.29 is 9.69 Å². The summed E-state index contributed by atoms with van der Waals surface area (Å²) in [6, 6.07) is 16.6. The number of hydrogen-bond donors (Lipinski definition) is 2. The Morgan fingerprint density at radius 3 is 2.62 bits per heavy atom. The highest BCUT2D eigenvalue weighted by molar-refractivity contribution is 7.18. The van der Waals surface area contributed by atoms with Gasteiger partial charge in [0.15, 0.2) is 6.54 Å². The number of fused-ring (bicyclic) bond motifs is 1. The van der Waals surface area contributed by atoms with E-state index in [9.17, 15) is 4.79 Å². The molecule has 0 aliphatic carbocycles. The zero-order valence-corrected chi connectivity index (χ0v) is 16.4. The standard InChI is InChI=1S/C21H25N3OS/c1-4-16-9-11-17(12-10-16)15(2)22-20(25)13-24(3)14-21-23-18-7-5-6-8-19(18)26-21/h5-12,15H,4,13-14H2,1-3H3,(H,22,25)/p+1/t15-/m1/s1. The Balaban J connectivity index is 1.53. The summed E-state index contributed by atoms with van der Waals surface area (Å²) in [6.07, 6.45) is 1.03. The van der Waals surface area contributed by atoms with Gasteiger partial charge in [-0.05, 0) is 36.6 Å². The number of aryl methyl sites for hydroxylation is 1.